The molecule has 0 atom stereocenters. The largest absolute Gasteiger partial charge is 0.481 e. The van der Waals surface area contributed by atoms with E-state index in [1.165, 1.54) is 18.2 Å². The number of aryl methyl sites for hydroxylation is 1. The Morgan fingerprint density at radius 1 is 1.03 bits per heavy atom. The third-order valence-electron chi connectivity index (χ3n) is 4.64. The van der Waals surface area contributed by atoms with E-state index < -0.39 is 5.91 Å². The van der Waals surface area contributed by atoms with E-state index >= 15 is 0 Å². The lowest BCUT2D eigenvalue weighted by Gasteiger charge is -2.12. The molecular weight excluding hydrogens is 473 g/mol. The smallest absolute Gasteiger partial charge is 0.262 e. The maximum Gasteiger partial charge on any atom is 0.262 e. The zero-order chi connectivity index (χ0) is 24.5. The minimum atomic E-state index is -0.522. The van der Waals surface area contributed by atoms with Crippen LogP contribution in [0.3, 0.4) is 0 Å². The maximum absolute atomic E-state index is 12.4. The van der Waals surface area contributed by atoms with Gasteiger partial charge in [-0.05, 0) is 54.0 Å². The topological polar surface area (TPSA) is 91.2 Å². The summed E-state index contributed by atoms with van der Waals surface area (Å²) in [6.07, 6.45) is 1.38. The van der Waals surface area contributed by atoms with Gasteiger partial charge < -0.3 is 15.4 Å². The Morgan fingerprint density at radius 2 is 1.74 bits per heavy atom. The molecule has 8 heteroatoms. The summed E-state index contributed by atoms with van der Waals surface area (Å²) >= 11 is 12.6. The minimum Gasteiger partial charge on any atom is -0.481 e. The predicted octanol–water partition coefficient (Wildman–Crippen LogP) is 5.54. The van der Waals surface area contributed by atoms with Gasteiger partial charge in [-0.1, -0.05) is 65.7 Å². The molecule has 0 fully saturated rings. The van der Waals surface area contributed by atoms with E-state index in [-0.39, 0.29) is 40.4 Å². The zero-order valence-corrected chi connectivity index (χ0v) is 19.8. The predicted molar refractivity (Wildman–Crippen MR) is 134 cm³/mol. The highest BCUT2D eigenvalue weighted by Gasteiger charge is 2.14. The van der Waals surface area contributed by atoms with Gasteiger partial charge in [0.25, 0.3) is 11.8 Å². The third-order valence-corrected chi connectivity index (χ3v) is 5.20. The number of ether oxygens (including phenoxy) is 1. The Balaban J connectivity index is 1.65. The lowest BCUT2D eigenvalue weighted by atomic mass is 10.1. The summed E-state index contributed by atoms with van der Waals surface area (Å²) in [5, 5.41) is 15.1. The molecule has 0 aliphatic heterocycles. The van der Waals surface area contributed by atoms with E-state index in [4.69, 9.17) is 27.9 Å². The van der Waals surface area contributed by atoms with E-state index in [1.807, 2.05) is 61.5 Å². The molecule has 6 nitrogen and oxygen atoms in total. The van der Waals surface area contributed by atoms with E-state index in [2.05, 4.69) is 10.6 Å². The van der Waals surface area contributed by atoms with Gasteiger partial charge in [0.2, 0.25) is 0 Å². The summed E-state index contributed by atoms with van der Waals surface area (Å²) < 4.78 is 5.51. The number of halogens is 2. The van der Waals surface area contributed by atoms with Crippen molar-refractivity contribution < 1.29 is 14.3 Å². The third kappa shape index (κ3) is 7.11. The zero-order valence-electron chi connectivity index (χ0n) is 18.3. The second-order valence-electron chi connectivity index (χ2n) is 7.36. The van der Waals surface area contributed by atoms with E-state index in [9.17, 15) is 14.9 Å². The first-order chi connectivity index (χ1) is 16.4. The molecular formula is C26H21Cl2N3O3. The number of anilines is 1. The number of hydrogen-bond donors (Lipinski definition) is 2. The van der Waals surface area contributed by atoms with Crippen LogP contribution in [0.5, 0.6) is 5.75 Å². The molecule has 3 rings (SSSR count). The van der Waals surface area contributed by atoms with Crippen LogP contribution in [0.25, 0.3) is 6.08 Å². The van der Waals surface area contributed by atoms with Gasteiger partial charge in [0, 0.05) is 12.2 Å². The Hall–Kier alpha value is -3.79. The van der Waals surface area contributed by atoms with Gasteiger partial charge >= 0.3 is 0 Å². The first kappa shape index (κ1) is 24.8. The number of carbonyl (C=O) groups excluding carboxylic acids is 2. The highest BCUT2D eigenvalue weighted by Crippen LogP contribution is 2.35. The molecule has 0 aromatic heterocycles. The Kier molecular flexibility index (Phi) is 8.69. The van der Waals surface area contributed by atoms with Crippen LogP contribution >= 0.6 is 23.2 Å². The van der Waals surface area contributed by atoms with Crippen molar-refractivity contribution in [3.63, 3.8) is 0 Å². The lowest BCUT2D eigenvalue weighted by Crippen LogP contribution is -2.23. The van der Waals surface area contributed by atoms with Gasteiger partial charge in [0.1, 0.15) is 11.6 Å². The van der Waals surface area contributed by atoms with E-state index in [0.29, 0.717) is 11.3 Å². The normalized spacial score (nSPS) is 10.8. The van der Waals surface area contributed by atoms with Crippen molar-refractivity contribution in [3.8, 4) is 11.8 Å². The number of benzene rings is 3. The first-order valence-corrected chi connectivity index (χ1v) is 11.0. The van der Waals surface area contributed by atoms with Gasteiger partial charge in [0.05, 0.1) is 10.0 Å². The molecule has 0 radical (unpaired) electrons. The minimum absolute atomic E-state index is 0.103. The molecule has 0 aliphatic carbocycles. The number of nitrogens with zero attached hydrogens (tertiary/aromatic N) is 1. The van der Waals surface area contributed by atoms with Gasteiger partial charge in [-0.3, -0.25) is 9.59 Å². The molecule has 0 spiro atoms. The Labute approximate surface area is 207 Å². The molecule has 0 aliphatic rings. The fraction of sp³-hybridized carbons (Fsp3) is 0.115. The number of amides is 2. The highest BCUT2D eigenvalue weighted by molar-refractivity contribution is 6.37. The molecule has 0 unspecified atom stereocenters. The Bertz CT molecular complexity index is 1240. The van der Waals surface area contributed by atoms with Gasteiger partial charge in [-0.15, -0.1) is 0 Å². The van der Waals surface area contributed by atoms with Crippen LogP contribution in [0.2, 0.25) is 10.0 Å². The van der Waals surface area contributed by atoms with Crippen LogP contribution in [-0.2, 0) is 16.1 Å². The van der Waals surface area contributed by atoms with Crippen LogP contribution in [0, 0.1) is 18.3 Å². The number of rotatable bonds is 8. The molecule has 0 heterocycles. The van der Waals surface area contributed by atoms with Crippen molar-refractivity contribution in [3.05, 3.63) is 99.0 Å². The number of carbonyl (C=O) groups is 2. The van der Waals surface area contributed by atoms with Crippen LogP contribution in [0.1, 0.15) is 16.7 Å². The molecule has 0 bridgehead atoms. The van der Waals surface area contributed by atoms with Gasteiger partial charge in [-0.25, -0.2) is 0 Å². The Morgan fingerprint density at radius 3 is 2.38 bits per heavy atom. The number of hydrogen-bond acceptors (Lipinski definition) is 4. The second-order valence-corrected chi connectivity index (χ2v) is 8.17. The highest BCUT2D eigenvalue weighted by atomic mass is 35.5. The lowest BCUT2D eigenvalue weighted by molar-refractivity contribution is -0.118. The molecule has 172 valence electrons. The van der Waals surface area contributed by atoms with Crippen molar-refractivity contribution in [2.24, 2.45) is 0 Å². The van der Waals surface area contributed by atoms with Crippen LogP contribution in [0.4, 0.5) is 5.69 Å². The second kappa shape index (κ2) is 11.9. The summed E-state index contributed by atoms with van der Waals surface area (Å²) in [6, 6.07) is 21.6. The van der Waals surface area contributed by atoms with Crippen molar-refractivity contribution in [2.75, 3.05) is 11.9 Å². The monoisotopic (exact) mass is 493 g/mol. The number of nitrogens with one attached hydrogen (secondary N) is 2. The molecule has 0 saturated carbocycles. The quantitative estimate of drug-likeness (QED) is 0.318. The molecule has 3 aromatic carbocycles. The average molecular weight is 494 g/mol. The summed E-state index contributed by atoms with van der Waals surface area (Å²) in [4.78, 5) is 24.6. The van der Waals surface area contributed by atoms with Crippen LogP contribution in [0.15, 0.2) is 72.3 Å². The summed E-state index contributed by atoms with van der Waals surface area (Å²) in [7, 11) is 0. The fourth-order valence-electron chi connectivity index (χ4n) is 3.05. The molecule has 2 amide bonds. The van der Waals surface area contributed by atoms with E-state index in [1.54, 1.807) is 6.07 Å². The summed E-state index contributed by atoms with van der Waals surface area (Å²) in [5.41, 5.74) is 2.92. The van der Waals surface area contributed by atoms with Crippen molar-refractivity contribution in [1.82, 2.24) is 5.32 Å². The molecule has 34 heavy (non-hydrogen) atoms. The molecule has 3 aromatic rings. The first-order valence-electron chi connectivity index (χ1n) is 10.3. The van der Waals surface area contributed by atoms with Crippen LogP contribution in [-0.4, -0.2) is 18.4 Å². The van der Waals surface area contributed by atoms with Crippen molar-refractivity contribution in [1.29, 1.82) is 5.26 Å². The van der Waals surface area contributed by atoms with Crippen molar-refractivity contribution in [2.45, 2.75) is 13.5 Å². The SMILES string of the molecule is Cc1cccc(NC(=O)COc2c(Cl)cc(/C=C(\C#N)C(=O)NCc3ccccc3)cc2Cl)c1. The van der Waals surface area contributed by atoms with Crippen LogP contribution < -0.4 is 15.4 Å². The summed E-state index contributed by atoms with van der Waals surface area (Å²) in [6.45, 7) is 1.91. The standard InChI is InChI=1S/C26H21Cl2N3O3/c1-17-6-5-9-21(10-17)31-24(32)16-34-25-22(27)12-19(13-23(25)28)11-20(14-29)26(33)30-15-18-7-3-2-4-8-18/h2-13H,15-16H2,1H3,(H,30,33)(H,31,32)/b20-11+. The van der Waals surface area contributed by atoms with Gasteiger partial charge in [-0.2, -0.15) is 5.26 Å². The van der Waals surface area contributed by atoms with Crippen molar-refractivity contribution >= 4 is 46.8 Å². The molecule has 0 saturated heterocycles. The summed E-state index contributed by atoms with van der Waals surface area (Å²) in [5.74, 6) is -0.762. The maximum atomic E-state index is 12.4. The number of nitriles is 1. The molecule has 2 N–H and O–H groups in total. The fourth-order valence-corrected chi connectivity index (χ4v) is 3.66. The van der Waals surface area contributed by atoms with Gasteiger partial charge in [0.15, 0.2) is 12.4 Å². The van der Waals surface area contributed by atoms with E-state index in [0.717, 1.165) is 11.1 Å². The average Bonchev–Trinajstić information content (AvgIpc) is 2.81.